The molecule has 4 heteroatoms. The highest BCUT2D eigenvalue weighted by molar-refractivity contribution is 9.10. The average molecular weight is 243 g/mol. The number of hydrogen-bond acceptors (Lipinski definition) is 3. The van der Waals surface area contributed by atoms with E-state index in [9.17, 15) is 5.11 Å². The minimum atomic E-state index is 0.190. The highest BCUT2D eigenvalue weighted by Gasteiger charge is 1.98. The molecule has 0 atom stereocenters. The van der Waals surface area contributed by atoms with Gasteiger partial charge in [0, 0.05) is 6.54 Å². The second-order valence-corrected chi connectivity index (χ2v) is 3.31. The number of nitrogens with zero attached hydrogens (tertiary/aromatic N) is 1. The molecule has 0 unspecified atom stereocenters. The van der Waals surface area contributed by atoms with Gasteiger partial charge in [-0.2, -0.15) is 0 Å². The molecule has 1 aromatic rings. The van der Waals surface area contributed by atoms with Crippen LogP contribution in [0, 0.1) is 0 Å². The predicted octanol–water partition coefficient (Wildman–Crippen LogP) is 1.78. The number of nitrogens with one attached hydrogen (secondary N) is 1. The van der Waals surface area contributed by atoms with E-state index >= 15 is 0 Å². The molecule has 0 amide bonds. The lowest BCUT2D eigenvalue weighted by Gasteiger charge is -1.98. The maximum absolute atomic E-state index is 9.38. The van der Waals surface area contributed by atoms with Gasteiger partial charge in [-0.15, -0.1) is 0 Å². The third-order valence-corrected chi connectivity index (χ3v) is 1.91. The molecule has 0 aliphatic carbocycles. The van der Waals surface area contributed by atoms with Crippen LogP contribution in [0.2, 0.25) is 0 Å². The minimum Gasteiger partial charge on any atom is -0.506 e. The molecule has 0 saturated heterocycles. The fourth-order valence-corrected chi connectivity index (χ4v) is 1.18. The van der Waals surface area contributed by atoms with Gasteiger partial charge in [0.1, 0.15) is 16.0 Å². The quantitative estimate of drug-likeness (QED) is 0.795. The van der Waals surface area contributed by atoms with Gasteiger partial charge in [0.15, 0.2) is 0 Å². The summed E-state index contributed by atoms with van der Waals surface area (Å²) in [5.41, 5.74) is 0.574. The summed E-state index contributed by atoms with van der Waals surface area (Å²) >= 11 is 3.23. The Morgan fingerprint density at radius 1 is 1.62 bits per heavy atom. The fraction of sp³-hybridized carbons (Fsp3) is 0.222. The lowest BCUT2D eigenvalue weighted by atomic mass is 10.3. The van der Waals surface area contributed by atoms with Crippen molar-refractivity contribution in [1.29, 1.82) is 0 Å². The van der Waals surface area contributed by atoms with Crippen molar-refractivity contribution in [1.82, 2.24) is 10.3 Å². The Morgan fingerprint density at radius 3 is 3.08 bits per heavy atom. The van der Waals surface area contributed by atoms with Crippen LogP contribution in [0.25, 0.3) is 6.08 Å². The lowest BCUT2D eigenvalue weighted by molar-refractivity contribution is 0.471. The van der Waals surface area contributed by atoms with E-state index in [1.807, 2.05) is 13.1 Å². The molecule has 2 N–H and O–H groups in total. The molecule has 1 heterocycles. The summed E-state index contributed by atoms with van der Waals surface area (Å²) < 4.78 is 0.717. The molecule has 13 heavy (non-hydrogen) atoms. The number of likely N-dealkylation sites (N-methyl/N-ethyl adjacent to an activating group) is 1. The van der Waals surface area contributed by atoms with Gasteiger partial charge in [0.05, 0.1) is 0 Å². The maximum atomic E-state index is 9.38. The largest absolute Gasteiger partial charge is 0.506 e. The number of aromatic hydroxyl groups is 1. The van der Waals surface area contributed by atoms with Crippen molar-refractivity contribution in [3.8, 4) is 5.75 Å². The standard InChI is InChI=1S/C9H11BrN2O/c1-11-6-2-3-7-8(13)4-5-9(10)12-7/h2-5,11,13H,6H2,1H3. The molecule has 1 rings (SSSR count). The highest BCUT2D eigenvalue weighted by Crippen LogP contribution is 2.18. The van der Waals surface area contributed by atoms with Gasteiger partial charge in [-0.25, -0.2) is 4.98 Å². The normalized spacial score (nSPS) is 10.9. The molecule has 70 valence electrons. The van der Waals surface area contributed by atoms with Crippen molar-refractivity contribution < 1.29 is 5.11 Å². The summed E-state index contributed by atoms with van der Waals surface area (Å²) in [6, 6.07) is 3.31. The maximum Gasteiger partial charge on any atom is 0.141 e. The van der Waals surface area contributed by atoms with Crippen LogP contribution < -0.4 is 5.32 Å². The lowest BCUT2D eigenvalue weighted by Crippen LogP contribution is -2.03. The van der Waals surface area contributed by atoms with E-state index in [2.05, 4.69) is 26.2 Å². The molecular formula is C9H11BrN2O. The SMILES string of the molecule is CNCC=Cc1nc(Br)ccc1O. The molecule has 0 fully saturated rings. The van der Waals surface area contributed by atoms with E-state index in [1.54, 1.807) is 18.2 Å². The molecule has 0 bridgehead atoms. The van der Waals surface area contributed by atoms with E-state index in [4.69, 9.17) is 0 Å². The zero-order valence-corrected chi connectivity index (χ0v) is 8.87. The Kier molecular flexibility index (Phi) is 3.92. The Labute approximate surface area is 85.6 Å². The van der Waals surface area contributed by atoms with Crippen LogP contribution >= 0.6 is 15.9 Å². The van der Waals surface area contributed by atoms with Crippen molar-refractivity contribution in [2.75, 3.05) is 13.6 Å². The third kappa shape index (κ3) is 3.16. The molecule has 1 aromatic heterocycles. The summed E-state index contributed by atoms with van der Waals surface area (Å²) in [5, 5.41) is 12.3. The van der Waals surface area contributed by atoms with Crippen LogP contribution in [0.3, 0.4) is 0 Å². The zero-order chi connectivity index (χ0) is 9.68. The Hall–Kier alpha value is -0.870. The topological polar surface area (TPSA) is 45.2 Å². The molecule has 0 aliphatic rings. The number of halogens is 1. The number of hydrogen-bond donors (Lipinski definition) is 2. The van der Waals surface area contributed by atoms with Gasteiger partial charge >= 0.3 is 0 Å². The molecule has 0 spiro atoms. The van der Waals surface area contributed by atoms with Crippen LogP contribution in [0.15, 0.2) is 22.8 Å². The van der Waals surface area contributed by atoms with Crippen LogP contribution in [-0.2, 0) is 0 Å². The third-order valence-electron chi connectivity index (χ3n) is 1.47. The van der Waals surface area contributed by atoms with Crippen molar-refractivity contribution in [3.63, 3.8) is 0 Å². The highest BCUT2D eigenvalue weighted by atomic mass is 79.9. The van der Waals surface area contributed by atoms with Crippen molar-refractivity contribution in [2.24, 2.45) is 0 Å². The monoisotopic (exact) mass is 242 g/mol. The van der Waals surface area contributed by atoms with E-state index in [0.29, 0.717) is 5.69 Å². The second kappa shape index (κ2) is 4.99. The van der Waals surface area contributed by atoms with Gasteiger partial charge in [0.2, 0.25) is 0 Å². The van der Waals surface area contributed by atoms with Gasteiger partial charge in [-0.1, -0.05) is 6.08 Å². The van der Waals surface area contributed by atoms with Crippen molar-refractivity contribution >= 4 is 22.0 Å². The Bertz CT molecular complexity index is 312. The average Bonchev–Trinajstić information content (AvgIpc) is 2.11. The van der Waals surface area contributed by atoms with Gasteiger partial charge in [0.25, 0.3) is 0 Å². The summed E-state index contributed by atoms with van der Waals surface area (Å²) in [7, 11) is 1.86. The summed E-state index contributed by atoms with van der Waals surface area (Å²) in [5.74, 6) is 0.190. The number of rotatable bonds is 3. The fourth-order valence-electron chi connectivity index (χ4n) is 0.854. The Morgan fingerprint density at radius 2 is 2.38 bits per heavy atom. The molecular weight excluding hydrogens is 232 g/mol. The first-order valence-corrected chi connectivity index (χ1v) is 4.70. The van der Waals surface area contributed by atoms with Gasteiger partial charge < -0.3 is 10.4 Å². The smallest absolute Gasteiger partial charge is 0.141 e. The van der Waals surface area contributed by atoms with E-state index < -0.39 is 0 Å². The number of aromatic nitrogens is 1. The van der Waals surface area contributed by atoms with Gasteiger partial charge in [-0.3, -0.25) is 0 Å². The van der Waals surface area contributed by atoms with Crippen LogP contribution in [0.5, 0.6) is 5.75 Å². The van der Waals surface area contributed by atoms with Crippen LogP contribution in [-0.4, -0.2) is 23.7 Å². The first-order chi connectivity index (χ1) is 6.24. The molecule has 0 aliphatic heterocycles. The van der Waals surface area contributed by atoms with Crippen molar-refractivity contribution in [3.05, 3.63) is 28.5 Å². The first kappa shape index (κ1) is 10.2. The molecule has 0 radical (unpaired) electrons. The van der Waals surface area contributed by atoms with E-state index in [1.165, 1.54) is 0 Å². The minimum absolute atomic E-state index is 0.190. The predicted molar refractivity (Wildman–Crippen MR) is 56.6 cm³/mol. The van der Waals surface area contributed by atoms with Crippen molar-refractivity contribution in [2.45, 2.75) is 0 Å². The molecule has 0 saturated carbocycles. The van der Waals surface area contributed by atoms with Crippen LogP contribution in [0.4, 0.5) is 0 Å². The Balaban J connectivity index is 2.81. The van der Waals surface area contributed by atoms with Crippen LogP contribution in [0.1, 0.15) is 5.69 Å². The summed E-state index contributed by atoms with van der Waals surface area (Å²) in [4.78, 5) is 4.10. The molecule has 0 aromatic carbocycles. The van der Waals surface area contributed by atoms with Gasteiger partial charge in [-0.05, 0) is 41.2 Å². The van der Waals surface area contributed by atoms with E-state index in [-0.39, 0.29) is 5.75 Å². The van der Waals surface area contributed by atoms with E-state index in [0.717, 1.165) is 11.1 Å². The second-order valence-electron chi connectivity index (χ2n) is 2.50. The number of pyridine rings is 1. The first-order valence-electron chi connectivity index (χ1n) is 3.90. The molecule has 3 nitrogen and oxygen atoms in total. The summed E-state index contributed by atoms with van der Waals surface area (Å²) in [6.07, 6.45) is 3.67. The summed E-state index contributed by atoms with van der Waals surface area (Å²) in [6.45, 7) is 0.758. The zero-order valence-electron chi connectivity index (χ0n) is 7.29.